The number of benzene rings is 2. The molecule has 2 heterocycles. The Balaban J connectivity index is 1.57. The van der Waals surface area contributed by atoms with Crippen LogP contribution in [0.3, 0.4) is 0 Å². The summed E-state index contributed by atoms with van der Waals surface area (Å²) in [5, 5.41) is 1.72. The average molecular weight is 379 g/mol. The van der Waals surface area contributed by atoms with Gasteiger partial charge in [0.2, 0.25) is 0 Å². The minimum Gasteiger partial charge on any atom is -0.467 e. The lowest BCUT2D eigenvalue weighted by atomic mass is 10.2. The second-order valence-electron chi connectivity index (χ2n) is 6.01. The van der Waals surface area contributed by atoms with E-state index >= 15 is 0 Å². The van der Waals surface area contributed by atoms with Gasteiger partial charge >= 0.3 is 5.97 Å². The van der Waals surface area contributed by atoms with Crippen molar-refractivity contribution in [2.24, 2.45) is 4.99 Å². The summed E-state index contributed by atoms with van der Waals surface area (Å²) >= 11 is 1.51. The Morgan fingerprint density at radius 3 is 2.67 bits per heavy atom. The van der Waals surface area contributed by atoms with Crippen molar-refractivity contribution >= 4 is 39.4 Å². The Labute approximate surface area is 160 Å². The zero-order valence-corrected chi connectivity index (χ0v) is 15.4. The van der Waals surface area contributed by atoms with E-state index < -0.39 is 6.04 Å². The summed E-state index contributed by atoms with van der Waals surface area (Å²) in [6, 6.07) is 16.4. The smallest absolute Gasteiger partial charge is 0.331 e. The number of aromatic nitrogens is 1. The largest absolute Gasteiger partial charge is 0.467 e. The van der Waals surface area contributed by atoms with Crippen LogP contribution in [-0.2, 0) is 9.53 Å². The van der Waals surface area contributed by atoms with Crippen LogP contribution in [0, 0.1) is 0 Å². The molecule has 0 spiro atoms. The summed E-state index contributed by atoms with van der Waals surface area (Å²) in [5.41, 5.74) is 7.98. The number of carbonyl (C=O) groups excluding carboxylic acids is 1. The molecule has 2 aromatic carbocycles. The number of nitrogen functional groups attached to an aromatic ring is 1. The van der Waals surface area contributed by atoms with Crippen molar-refractivity contribution in [3.8, 4) is 11.5 Å². The Bertz CT molecular complexity index is 1030. The predicted octanol–water partition coefficient (Wildman–Crippen LogP) is 3.64. The van der Waals surface area contributed by atoms with E-state index in [4.69, 9.17) is 15.2 Å². The molecule has 136 valence electrons. The van der Waals surface area contributed by atoms with Gasteiger partial charge in [0.1, 0.15) is 16.5 Å². The molecule has 0 radical (unpaired) electrons. The number of pyridine rings is 1. The standard InChI is InChI=1S/C20H17N3O3S/c1-25-20(24)18-11-27-19(23-18)17-8-2-12-10-15(7-9-16(12)22-17)26-14-5-3-13(21)4-6-14/h2-10,18H,11,21H2,1H3. The topological polar surface area (TPSA) is 86.8 Å². The molecule has 0 aliphatic carbocycles. The van der Waals surface area contributed by atoms with Crippen molar-refractivity contribution in [3.05, 3.63) is 60.3 Å². The third-order valence-corrected chi connectivity index (χ3v) is 5.19. The van der Waals surface area contributed by atoms with Gasteiger partial charge in [-0.15, -0.1) is 11.8 Å². The zero-order valence-electron chi connectivity index (χ0n) is 14.6. The highest BCUT2D eigenvalue weighted by Gasteiger charge is 2.27. The normalized spacial score (nSPS) is 16.2. The third kappa shape index (κ3) is 3.73. The molecule has 2 N–H and O–H groups in total. The van der Waals surface area contributed by atoms with Crippen LogP contribution >= 0.6 is 11.8 Å². The first-order valence-electron chi connectivity index (χ1n) is 8.35. The molecule has 27 heavy (non-hydrogen) atoms. The second-order valence-corrected chi connectivity index (χ2v) is 7.02. The Kier molecular flexibility index (Phi) is 4.68. The monoisotopic (exact) mass is 379 g/mol. The molecule has 1 atom stereocenters. The number of thioether (sulfide) groups is 1. The molecule has 3 aromatic rings. The minimum atomic E-state index is -0.455. The fourth-order valence-electron chi connectivity index (χ4n) is 2.73. The number of nitrogens with zero attached hydrogens (tertiary/aromatic N) is 2. The maximum Gasteiger partial charge on any atom is 0.331 e. The summed E-state index contributed by atoms with van der Waals surface area (Å²) in [5.74, 6) is 1.71. The molecule has 1 unspecified atom stereocenters. The number of fused-ring (bicyclic) bond motifs is 1. The highest BCUT2D eigenvalue weighted by atomic mass is 32.2. The van der Waals surface area contributed by atoms with Crippen molar-refractivity contribution in [3.63, 3.8) is 0 Å². The summed E-state index contributed by atoms with van der Waals surface area (Å²) in [7, 11) is 1.37. The lowest BCUT2D eigenvalue weighted by Crippen LogP contribution is -2.19. The number of rotatable bonds is 4. The Hall–Kier alpha value is -3.06. The molecule has 6 nitrogen and oxygen atoms in total. The van der Waals surface area contributed by atoms with Gasteiger partial charge in [-0.1, -0.05) is 6.07 Å². The molecule has 4 rings (SSSR count). The molecular formula is C20H17N3O3S. The van der Waals surface area contributed by atoms with Crippen molar-refractivity contribution in [2.45, 2.75) is 6.04 Å². The maximum atomic E-state index is 11.6. The number of methoxy groups -OCH3 is 1. The summed E-state index contributed by atoms with van der Waals surface area (Å²) in [4.78, 5) is 20.7. The molecule has 1 aromatic heterocycles. The fourth-order valence-corrected chi connectivity index (χ4v) is 3.72. The lowest BCUT2D eigenvalue weighted by Gasteiger charge is -2.08. The molecule has 7 heteroatoms. The van der Waals surface area contributed by atoms with Crippen molar-refractivity contribution in [2.75, 3.05) is 18.6 Å². The number of esters is 1. The van der Waals surface area contributed by atoms with Gasteiger partial charge in [-0.3, -0.25) is 4.99 Å². The van der Waals surface area contributed by atoms with Crippen LogP contribution in [0.4, 0.5) is 5.69 Å². The summed E-state index contributed by atoms with van der Waals surface area (Å²) in [6.45, 7) is 0. The van der Waals surface area contributed by atoms with Crippen molar-refractivity contribution in [1.29, 1.82) is 0 Å². The van der Waals surface area contributed by atoms with Crippen molar-refractivity contribution in [1.82, 2.24) is 4.98 Å². The number of aliphatic imine (C=N–C) groups is 1. The van der Waals surface area contributed by atoms with Gasteiger partial charge in [-0.2, -0.15) is 0 Å². The van der Waals surface area contributed by atoms with Gasteiger partial charge in [-0.05, 0) is 48.5 Å². The van der Waals surface area contributed by atoms with Gasteiger partial charge in [-0.25, -0.2) is 9.78 Å². The molecule has 0 fully saturated rings. The van der Waals surface area contributed by atoms with Crippen LogP contribution in [0.5, 0.6) is 11.5 Å². The maximum absolute atomic E-state index is 11.6. The van der Waals surface area contributed by atoms with Crippen molar-refractivity contribution < 1.29 is 14.3 Å². The molecule has 1 aliphatic heterocycles. The SMILES string of the molecule is COC(=O)C1CSC(c2ccc3cc(Oc4ccc(N)cc4)ccc3n2)=N1. The van der Waals surface area contributed by atoms with E-state index in [9.17, 15) is 4.79 Å². The lowest BCUT2D eigenvalue weighted by molar-refractivity contribution is -0.141. The minimum absolute atomic E-state index is 0.317. The van der Waals surface area contributed by atoms with Gasteiger partial charge in [0.25, 0.3) is 0 Å². The van der Waals surface area contributed by atoms with Gasteiger partial charge < -0.3 is 15.2 Å². The van der Waals surface area contributed by atoms with E-state index in [0.717, 1.165) is 33.1 Å². The first-order chi connectivity index (χ1) is 13.1. The first kappa shape index (κ1) is 17.4. The van der Waals surface area contributed by atoms with Gasteiger partial charge in [0.05, 0.1) is 18.3 Å². The van der Waals surface area contributed by atoms with E-state index in [1.165, 1.54) is 18.9 Å². The number of carbonyl (C=O) groups is 1. The third-order valence-electron chi connectivity index (χ3n) is 4.12. The molecule has 0 saturated heterocycles. The zero-order chi connectivity index (χ0) is 18.8. The Morgan fingerprint density at radius 2 is 1.89 bits per heavy atom. The Morgan fingerprint density at radius 1 is 1.11 bits per heavy atom. The molecule has 0 saturated carbocycles. The number of hydrogen-bond acceptors (Lipinski definition) is 7. The summed E-state index contributed by atoms with van der Waals surface area (Å²) in [6.07, 6.45) is 0. The number of hydrogen-bond donors (Lipinski definition) is 1. The number of anilines is 1. The van der Waals surface area contributed by atoms with Crippen LogP contribution in [0.15, 0.2) is 59.6 Å². The van der Waals surface area contributed by atoms with Crippen LogP contribution in [-0.4, -0.2) is 34.9 Å². The number of nitrogens with two attached hydrogens (primary N) is 1. The van der Waals surface area contributed by atoms with E-state index in [2.05, 4.69) is 9.98 Å². The molecule has 1 aliphatic rings. The van der Waals surface area contributed by atoms with Crippen LogP contribution in [0.2, 0.25) is 0 Å². The van der Waals surface area contributed by atoms with E-state index in [0.29, 0.717) is 11.4 Å². The molecular weight excluding hydrogens is 362 g/mol. The molecule has 0 bridgehead atoms. The fraction of sp³-hybridized carbons (Fsp3) is 0.150. The molecule has 0 amide bonds. The highest BCUT2D eigenvalue weighted by Crippen LogP contribution is 2.28. The van der Waals surface area contributed by atoms with Crippen LogP contribution in [0.25, 0.3) is 10.9 Å². The van der Waals surface area contributed by atoms with Gasteiger partial charge in [0, 0.05) is 16.8 Å². The summed E-state index contributed by atoms with van der Waals surface area (Å²) < 4.78 is 10.6. The van der Waals surface area contributed by atoms with E-state index in [1.807, 2.05) is 42.5 Å². The predicted molar refractivity (Wildman–Crippen MR) is 107 cm³/mol. The van der Waals surface area contributed by atoms with E-state index in [-0.39, 0.29) is 5.97 Å². The number of ether oxygens (including phenoxy) is 2. The van der Waals surface area contributed by atoms with Crippen LogP contribution < -0.4 is 10.5 Å². The van der Waals surface area contributed by atoms with Gasteiger partial charge in [0.15, 0.2) is 6.04 Å². The second kappa shape index (κ2) is 7.28. The van der Waals surface area contributed by atoms with Crippen LogP contribution in [0.1, 0.15) is 5.69 Å². The average Bonchev–Trinajstić information content (AvgIpc) is 3.19. The highest BCUT2D eigenvalue weighted by molar-refractivity contribution is 8.14. The first-order valence-corrected chi connectivity index (χ1v) is 9.34. The van der Waals surface area contributed by atoms with E-state index in [1.54, 1.807) is 12.1 Å². The quantitative estimate of drug-likeness (QED) is 0.550.